The van der Waals surface area contributed by atoms with Gasteiger partial charge in [0.25, 0.3) is 29.5 Å². The molecule has 8 N–H and O–H groups in total. The van der Waals surface area contributed by atoms with Gasteiger partial charge < -0.3 is 51.0 Å². The van der Waals surface area contributed by atoms with Gasteiger partial charge in [-0.1, -0.05) is 6.58 Å². The molecule has 0 saturated carbocycles. The van der Waals surface area contributed by atoms with Gasteiger partial charge >= 0.3 is 0 Å². The smallest absolute Gasteiger partial charge is 0.289 e. The normalized spacial score (nSPS) is 11.3. The number of rotatable bonds is 12. The zero-order valence-electron chi connectivity index (χ0n) is 27.7. The molecule has 50 heavy (non-hydrogen) atoms. The van der Waals surface area contributed by atoms with Crippen LogP contribution in [0, 0.1) is 0 Å². The van der Waals surface area contributed by atoms with Crippen LogP contribution in [0.2, 0.25) is 0 Å². The lowest BCUT2D eigenvalue weighted by atomic mass is 10.3. The highest BCUT2D eigenvalue weighted by Crippen LogP contribution is 2.26. The number of halogens is 2. The molecule has 0 aromatic carbocycles. The van der Waals surface area contributed by atoms with E-state index in [0.717, 1.165) is 4.42 Å². The average molecular weight is 772 g/mol. The van der Waals surface area contributed by atoms with Crippen LogP contribution in [0.5, 0.6) is 0 Å². The van der Waals surface area contributed by atoms with Gasteiger partial charge in [0.15, 0.2) is 5.96 Å². The maximum absolute atomic E-state index is 13.3. The Morgan fingerprint density at radius 3 is 1.74 bits per heavy atom. The number of carbonyl (C=O) groups is 5. The van der Waals surface area contributed by atoms with E-state index in [4.69, 9.17) is 23.2 Å². The van der Waals surface area contributed by atoms with Gasteiger partial charge in [-0.05, 0) is 47.1 Å². The van der Waals surface area contributed by atoms with Crippen molar-refractivity contribution in [2.75, 3.05) is 26.9 Å². The van der Waals surface area contributed by atoms with Gasteiger partial charge in [-0.15, -0.1) is 0 Å². The third-order valence-electron chi connectivity index (χ3n) is 7.27. The molecule has 0 spiro atoms. The van der Waals surface area contributed by atoms with E-state index in [1.165, 1.54) is 44.2 Å². The number of amides is 5. The van der Waals surface area contributed by atoms with Crippen molar-refractivity contribution in [2.45, 2.75) is 13.0 Å². The lowest BCUT2D eigenvalue weighted by Gasteiger charge is -2.12. The lowest BCUT2D eigenvalue weighted by Crippen LogP contribution is -2.33. The van der Waals surface area contributed by atoms with Crippen LogP contribution in [0.3, 0.4) is 0 Å². The molecule has 17 nitrogen and oxygen atoms in total. The maximum Gasteiger partial charge on any atom is 0.289 e. The van der Waals surface area contributed by atoms with E-state index in [-0.39, 0.29) is 51.7 Å². The third-order valence-corrected chi connectivity index (χ3v) is 7.98. The fourth-order valence-corrected chi connectivity index (χ4v) is 5.16. The minimum Gasteiger partial charge on any atom is -0.370 e. The molecule has 4 aromatic heterocycles. The second-order valence-corrected chi connectivity index (χ2v) is 12.6. The van der Waals surface area contributed by atoms with Crippen LogP contribution in [0.1, 0.15) is 48.9 Å². The molecule has 4 aromatic rings. The van der Waals surface area contributed by atoms with Crippen molar-refractivity contribution in [3.63, 3.8) is 0 Å². The molecule has 1 atom stereocenters. The summed E-state index contributed by atoms with van der Waals surface area (Å²) in [7, 11) is 6.53. The van der Waals surface area contributed by atoms with Crippen LogP contribution in [0.25, 0.3) is 0 Å². The van der Waals surface area contributed by atoms with Crippen molar-refractivity contribution < 1.29 is 24.0 Å². The second kappa shape index (κ2) is 15.2. The molecule has 4 rings (SSSR count). The van der Waals surface area contributed by atoms with Crippen molar-refractivity contribution in [3.8, 4) is 0 Å². The van der Waals surface area contributed by atoms with Gasteiger partial charge in [0, 0.05) is 71.3 Å². The highest BCUT2D eigenvalue weighted by Gasteiger charge is 2.24. The highest BCUT2D eigenvalue weighted by atomic mass is 79.9. The predicted octanol–water partition coefficient (Wildman–Crippen LogP) is 2.58. The van der Waals surface area contributed by atoms with E-state index < -0.39 is 23.6 Å². The summed E-state index contributed by atoms with van der Waals surface area (Å²) in [5, 5.41) is 10.9. The highest BCUT2D eigenvalue weighted by molar-refractivity contribution is 9.12. The van der Waals surface area contributed by atoms with Gasteiger partial charge in [-0.25, -0.2) is 9.41 Å². The number of nitrogens with one attached hydrogen (secondary N) is 4. The summed E-state index contributed by atoms with van der Waals surface area (Å²) >= 11 is 9.41. The van der Waals surface area contributed by atoms with E-state index in [9.17, 15) is 24.0 Å². The van der Waals surface area contributed by atoms with Crippen LogP contribution in [-0.4, -0.2) is 66.4 Å². The second-order valence-electron chi connectivity index (χ2n) is 11.3. The van der Waals surface area contributed by atoms with E-state index in [1.807, 2.05) is 0 Å². The first-order chi connectivity index (χ1) is 23.4. The number of carbonyl (C=O) groups excluding carboxylic acids is 5. The molecule has 0 fully saturated rings. The number of nitrogens with zero attached hydrogens (tertiary/aromatic N) is 6. The Bertz CT molecular complexity index is 2030. The van der Waals surface area contributed by atoms with Crippen molar-refractivity contribution >= 4 is 86.0 Å². The topological polar surface area (TPSA) is 221 Å². The molecule has 0 radical (unpaired) electrons. The number of aliphatic imine (C=N–C) groups is 1. The molecule has 0 aliphatic heterocycles. The monoisotopic (exact) mass is 770 g/mol. The Kier molecular flexibility index (Phi) is 11.3. The summed E-state index contributed by atoms with van der Waals surface area (Å²) in [6, 6.07) is 5.58. The third kappa shape index (κ3) is 8.63. The van der Waals surface area contributed by atoms with E-state index in [1.54, 1.807) is 58.3 Å². The fraction of sp³-hybridized carbons (Fsp3) is 0.226. The Balaban J connectivity index is 1.41. The number of aromatic nitrogens is 4. The Hall–Kier alpha value is -5.75. The van der Waals surface area contributed by atoms with Crippen LogP contribution in [0.4, 0.5) is 22.7 Å². The van der Waals surface area contributed by atoms with Crippen molar-refractivity contribution in [2.24, 2.45) is 44.7 Å². The van der Waals surface area contributed by atoms with Crippen LogP contribution >= 0.6 is 27.7 Å². The molecule has 5 amide bonds. The fourth-order valence-electron chi connectivity index (χ4n) is 4.88. The minimum absolute atomic E-state index is 0.0779. The van der Waals surface area contributed by atoms with Crippen LogP contribution in [0.15, 0.2) is 65.1 Å². The molecule has 0 bridgehead atoms. The Morgan fingerprint density at radius 2 is 1.22 bits per heavy atom. The van der Waals surface area contributed by atoms with Crippen molar-refractivity contribution in [1.82, 2.24) is 23.6 Å². The Labute approximate surface area is 300 Å². The maximum atomic E-state index is 13.3. The van der Waals surface area contributed by atoms with Crippen molar-refractivity contribution in [1.29, 1.82) is 0 Å². The lowest BCUT2D eigenvalue weighted by molar-refractivity contribution is -0.112. The summed E-state index contributed by atoms with van der Waals surface area (Å²) in [5.74, 6) is -2.54. The summed E-state index contributed by atoms with van der Waals surface area (Å²) in [5.41, 5.74) is 12.9. The zero-order valence-corrected chi connectivity index (χ0v) is 30.1. The molecule has 0 aliphatic rings. The molecular weight excluding hydrogens is 736 g/mol. The first-order valence-electron chi connectivity index (χ1n) is 14.8. The van der Waals surface area contributed by atoms with Gasteiger partial charge in [-0.2, -0.15) is 0 Å². The zero-order chi connectivity index (χ0) is 37.0. The van der Waals surface area contributed by atoms with E-state index in [2.05, 4.69) is 48.8 Å². The molecular formula is C31H36BrClN12O5. The summed E-state index contributed by atoms with van der Waals surface area (Å²) in [4.78, 5) is 68.2. The summed E-state index contributed by atoms with van der Waals surface area (Å²) < 4.78 is 7.07. The summed E-state index contributed by atoms with van der Waals surface area (Å²) in [6.07, 6.45) is 6.20. The van der Waals surface area contributed by atoms with Crippen molar-refractivity contribution in [3.05, 3.63) is 82.9 Å². The average Bonchev–Trinajstić information content (AvgIpc) is 3.80. The first kappa shape index (κ1) is 37.1. The Morgan fingerprint density at radius 1 is 0.780 bits per heavy atom. The predicted molar refractivity (Wildman–Crippen MR) is 195 cm³/mol. The minimum atomic E-state index is -0.604. The number of anilines is 4. The van der Waals surface area contributed by atoms with E-state index >= 15 is 0 Å². The number of hydrogen-bond acceptors (Lipinski definition) is 6. The standard InChI is InChI=1S/C31H36BrClN12O5/c1-16(37-31(34)35)11-36-27(47)22-7-18(12-41(22)3)39-28(48)23-8-19(13-42(23)4)40-29(49)24-10-21(15-44(24)6)45(33)30(50)25-9-20(14-43(25)5)38-26(46)17(2)32/h7-10,12-16H,2,11H2,1,3-6H3,(H,36,47)(H,38,46)(H,39,48)(H,40,49)(H4,34,35,37). The molecule has 0 saturated heterocycles. The molecule has 19 heteroatoms. The number of aryl methyl sites for hydroxylation is 4. The van der Waals surface area contributed by atoms with Gasteiger partial charge in [0.05, 0.1) is 33.3 Å². The largest absolute Gasteiger partial charge is 0.370 e. The molecule has 4 heterocycles. The molecule has 264 valence electrons. The van der Waals surface area contributed by atoms with Gasteiger partial charge in [-0.3, -0.25) is 24.0 Å². The first-order valence-corrected chi connectivity index (χ1v) is 15.9. The SMILES string of the molecule is C=C(Br)C(=O)Nc1cc(C(=O)N(Cl)c2cc(C(=O)Nc3cc(C(=O)Nc4cc(C(=O)NCC(C)N=C(N)N)n(C)c4)n(C)c3)n(C)c2)n(C)c1. The van der Waals surface area contributed by atoms with Gasteiger partial charge in [0.1, 0.15) is 22.8 Å². The quantitative estimate of drug-likeness (QED) is 0.0547. The van der Waals surface area contributed by atoms with E-state index in [0.29, 0.717) is 22.8 Å². The summed E-state index contributed by atoms with van der Waals surface area (Å²) in [6.45, 7) is 5.47. The van der Waals surface area contributed by atoms with Crippen LogP contribution in [-0.2, 0) is 33.0 Å². The van der Waals surface area contributed by atoms with Crippen LogP contribution < -0.4 is 37.2 Å². The number of hydrogen-bond donors (Lipinski definition) is 6. The molecule has 0 aliphatic carbocycles. The number of nitrogens with two attached hydrogens (primary N) is 2. The van der Waals surface area contributed by atoms with Gasteiger partial charge in [0.2, 0.25) is 0 Å². The molecule has 1 unspecified atom stereocenters. The number of guanidine groups is 1.